The SMILES string of the molecule is CC(O)(C1CCN(CCc2ccc(F)cc2)CC1)C1COC(Cc2ccccc2)CO1. The quantitative estimate of drug-likeness (QED) is 0.729. The van der Waals surface area contributed by atoms with Crippen LogP contribution in [0.5, 0.6) is 0 Å². The van der Waals surface area contributed by atoms with Gasteiger partial charge in [0.15, 0.2) is 0 Å². The highest BCUT2D eigenvalue weighted by molar-refractivity contribution is 5.17. The Morgan fingerprint density at radius 3 is 2.32 bits per heavy atom. The Labute approximate surface area is 185 Å². The molecule has 3 unspecified atom stereocenters. The molecule has 0 spiro atoms. The minimum absolute atomic E-state index is 0.0442. The molecule has 4 rings (SSSR count). The van der Waals surface area contributed by atoms with Gasteiger partial charge >= 0.3 is 0 Å². The molecule has 168 valence electrons. The van der Waals surface area contributed by atoms with Gasteiger partial charge in [-0.05, 0) is 68.5 Å². The Balaban J connectivity index is 1.21. The number of hydrogen-bond acceptors (Lipinski definition) is 4. The van der Waals surface area contributed by atoms with Crippen molar-refractivity contribution < 1.29 is 19.0 Å². The number of rotatable bonds is 7. The number of ether oxygens (including phenoxy) is 2. The van der Waals surface area contributed by atoms with Crippen molar-refractivity contribution in [3.63, 3.8) is 0 Å². The third-order valence-corrected chi connectivity index (χ3v) is 6.97. The van der Waals surface area contributed by atoms with Gasteiger partial charge in [-0.2, -0.15) is 0 Å². The predicted octanol–water partition coefficient (Wildman–Crippen LogP) is 3.86. The summed E-state index contributed by atoms with van der Waals surface area (Å²) in [5.74, 6) is 0.0148. The Kier molecular flexibility index (Phi) is 7.39. The Bertz CT molecular complexity index is 795. The van der Waals surface area contributed by atoms with Gasteiger partial charge in [-0.3, -0.25) is 0 Å². The van der Waals surface area contributed by atoms with E-state index < -0.39 is 5.60 Å². The van der Waals surface area contributed by atoms with Crippen LogP contribution in [-0.4, -0.2) is 60.7 Å². The number of aliphatic hydroxyl groups is 1. The summed E-state index contributed by atoms with van der Waals surface area (Å²) in [4.78, 5) is 2.43. The summed E-state index contributed by atoms with van der Waals surface area (Å²) >= 11 is 0. The highest BCUT2D eigenvalue weighted by atomic mass is 19.1. The maximum Gasteiger partial charge on any atom is 0.123 e. The van der Waals surface area contributed by atoms with E-state index in [0.717, 1.165) is 50.9 Å². The van der Waals surface area contributed by atoms with E-state index in [0.29, 0.717) is 13.2 Å². The monoisotopic (exact) mass is 427 g/mol. The molecule has 1 N–H and O–H groups in total. The van der Waals surface area contributed by atoms with E-state index in [-0.39, 0.29) is 23.9 Å². The Morgan fingerprint density at radius 2 is 1.68 bits per heavy atom. The molecule has 2 aliphatic rings. The number of piperidine rings is 1. The van der Waals surface area contributed by atoms with Gasteiger partial charge < -0.3 is 19.5 Å². The standard InChI is InChI=1S/C26H34FNO3/c1-26(29,25-19-30-24(18-31-25)17-21-5-3-2-4-6-21)22-12-15-28(16-13-22)14-11-20-7-9-23(27)10-8-20/h2-10,22,24-25,29H,11-19H2,1H3. The second kappa shape index (κ2) is 10.2. The maximum absolute atomic E-state index is 13.1. The maximum atomic E-state index is 13.1. The molecular formula is C26H34FNO3. The second-order valence-electron chi connectivity index (χ2n) is 9.19. The van der Waals surface area contributed by atoms with Crippen LogP contribution < -0.4 is 0 Å². The summed E-state index contributed by atoms with van der Waals surface area (Å²) in [5.41, 5.74) is 1.52. The average Bonchev–Trinajstić information content (AvgIpc) is 2.80. The molecule has 0 aromatic heterocycles. The van der Waals surface area contributed by atoms with E-state index in [1.54, 1.807) is 0 Å². The first-order valence-electron chi connectivity index (χ1n) is 11.5. The largest absolute Gasteiger partial charge is 0.387 e. The van der Waals surface area contributed by atoms with Crippen LogP contribution >= 0.6 is 0 Å². The van der Waals surface area contributed by atoms with E-state index in [1.165, 1.54) is 17.7 Å². The minimum Gasteiger partial charge on any atom is -0.387 e. The van der Waals surface area contributed by atoms with E-state index in [1.807, 2.05) is 37.3 Å². The Hall–Kier alpha value is -1.79. The van der Waals surface area contributed by atoms with Gasteiger partial charge in [-0.25, -0.2) is 4.39 Å². The lowest BCUT2D eigenvalue weighted by atomic mass is 9.78. The van der Waals surface area contributed by atoms with E-state index >= 15 is 0 Å². The first-order valence-corrected chi connectivity index (χ1v) is 11.5. The average molecular weight is 428 g/mol. The zero-order valence-corrected chi connectivity index (χ0v) is 18.4. The topological polar surface area (TPSA) is 41.9 Å². The van der Waals surface area contributed by atoms with Crippen LogP contribution in [0.25, 0.3) is 0 Å². The highest BCUT2D eigenvalue weighted by Crippen LogP contribution is 2.34. The zero-order valence-electron chi connectivity index (χ0n) is 18.4. The third kappa shape index (κ3) is 5.92. The normalized spacial score (nSPS) is 25.3. The molecule has 5 heteroatoms. The zero-order chi connectivity index (χ0) is 21.7. The molecular weight excluding hydrogens is 393 g/mol. The van der Waals surface area contributed by atoms with Crippen molar-refractivity contribution >= 4 is 0 Å². The van der Waals surface area contributed by atoms with Crippen LogP contribution in [0.3, 0.4) is 0 Å². The lowest BCUT2D eigenvalue weighted by molar-refractivity contribution is -0.212. The number of benzene rings is 2. The number of nitrogens with zero attached hydrogens (tertiary/aromatic N) is 1. The van der Waals surface area contributed by atoms with Crippen molar-refractivity contribution in [1.82, 2.24) is 4.90 Å². The van der Waals surface area contributed by atoms with Crippen LogP contribution in [0.2, 0.25) is 0 Å². The van der Waals surface area contributed by atoms with Crippen LogP contribution in [-0.2, 0) is 22.3 Å². The number of halogens is 1. The van der Waals surface area contributed by atoms with Gasteiger partial charge in [-0.1, -0.05) is 42.5 Å². The van der Waals surface area contributed by atoms with Gasteiger partial charge in [0.1, 0.15) is 11.9 Å². The van der Waals surface area contributed by atoms with Crippen molar-refractivity contribution in [3.8, 4) is 0 Å². The fraction of sp³-hybridized carbons (Fsp3) is 0.538. The smallest absolute Gasteiger partial charge is 0.123 e. The van der Waals surface area contributed by atoms with Crippen molar-refractivity contribution in [2.24, 2.45) is 5.92 Å². The molecule has 0 radical (unpaired) electrons. The summed E-state index contributed by atoms with van der Waals surface area (Å²) in [5, 5.41) is 11.3. The van der Waals surface area contributed by atoms with Gasteiger partial charge in [0.05, 0.1) is 24.9 Å². The molecule has 2 aliphatic heterocycles. The summed E-state index contributed by atoms with van der Waals surface area (Å²) in [6, 6.07) is 17.1. The lowest BCUT2D eigenvalue weighted by Gasteiger charge is -2.45. The molecule has 0 amide bonds. The van der Waals surface area contributed by atoms with Gasteiger partial charge in [-0.15, -0.1) is 0 Å². The van der Waals surface area contributed by atoms with E-state index in [2.05, 4.69) is 17.0 Å². The fourth-order valence-electron chi connectivity index (χ4n) is 4.82. The molecule has 2 saturated heterocycles. The fourth-order valence-corrected chi connectivity index (χ4v) is 4.82. The first kappa shape index (κ1) is 22.4. The van der Waals surface area contributed by atoms with Gasteiger partial charge in [0.25, 0.3) is 0 Å². The van der Waals surface area contributed by atoms with E-state index in [9.17, 15) is 9.50 Å². The second-order valence-corrected chi connectivity index (χ2v) is 9.19. The minimum atomic E-state index is -0.888. The molecule has 0 saturated carbocycles. The van der Waals surface area contributed by atoms with Crippen LogP contribution in [0.15, 0.2) is 54.6 Å². The third-order valence-electron chi connectivity index (χ3n) is 6.97. The predicted molar refractivity (Wildman–Crippen MR) is 120 cm³/mol. The number of hydrogen-bond donors (Lipinski definition) is 1. The molecule has 2 aromatic rings. The van der Waals surface area contributed by atoms with Gasteiger partial charge in [0, 0.05) is 13.0 Å². The van der Waals surface area contributed by atoms with Crippen LogP contribution in [0.1, 0.15) is 30.9 Å². The highest BCUT2D eigenvalue weighted by Gasteiger charge is 2.43. The summed E-state index contributed by atoms with van der Waals surface area (Å²) in [7, 11) is 0. The first-order chi connectivity index (χ1) is 15.0. The van der Waals surface area contributed by atoms with Crippen molar-refractivity contribution in [1.29, 1.82) is 0 Å². The molecule has 2 heterocycles. The summed E-state index contributed by atoms with van der Waals surface area (Å²) in [6.07, 6.45) is 3.41. The molecule has 3 atom stereocenters. The van der Waals surface area contributed by atoms with Crippen LogP contribution in [0, 0.1) is 11.7 Å². The summed E-state index contributed by atoms with van der Waals surface area (Å²) in [6.45, 7) is 5.77. The van der Waals surface area contributed by atoms with Crippen molar-refractivity contribution in [3.05, 3.63) is 71.5 Å². The molecule has 0 bridgehead atoms. The Morgan fingerprint density at radius 1 is 0.968 bits per heavy atom. The molecule has 4 nitrogen and oxygen atoms in total. The number of likely N-dealkylation sites (tertiary alicyclic amines) is 1. The lowest BCUT2D eigenvalue weighted by Crippen LogP contribution is -2.56. The molecule has 0 aliphatic carbocycles. The van der Waals surface area contributed by atoms with E-state index in [4.69, 9.17) is 9.47 Å². The molecule has 2 aromatic carbocycles. The summed E-state index contributed by atoms with van der Waals surface area (Å²) < 4.78 is 25.2. The van der Waals surface area contributed by atoms with Gasteiger partial charge in [0.2, 0.25) is 0 Å². The molecule has 2 fully saturated rings. The van der Waals surface area contributed by atoms with Crippen LogP contribution in [0.4, 0.5) is 4.39 Å². The van der Waals surface area contributed by atoms with Crippen molar-refractivity contribution in [2.45, 2.75) is 50.4 Å². The van der Waals surface area contributed by atoms with Crippen molar-refractivity contribution in [2.75, 3.05) is 32.8 Å². The molecule has 31 heavy (non-hydrogen) atoms.